The standard InChI is InChI=1S/C24H29NO4/c1-24(23(28)29)18-13-15-20(26)21(18)19(14-12-16-8-4-2-5-9-16)25(24)22(27)17-10-6-3-7-11-17/h2,4-5,8-9,12,14,17-19,21H,3,6-7,10-11,13,15H2,1H3,(H,28,29). The molecule has 0 radical (unpaired) electrons. The molecule has 3 aliphatic rings. The number of aliphatic carboxylic acids is 1. The van der Waals surface area contributed by atoms with Crippen LogP contribution in [0.5, 0.6) is 0 Å². The lowest BCUT2D eigenvalue weighted by atomic mass is 9.81. The number of Topliss-reactive ketones (excluding diaryl/α,β-unsaturated/α-hetero) is 1. The minimum atomic E-state index is -1.34. The Morgan fingerprint density at radius 3 is 2.45 bits per heavy atom. The summed E-state index contributed by atoms with van der Waals surface area (Å²) in [5.74, 6) is -1.89. The van der Waals surface area contributed by atoms with Crippen LogP contribution < -0.4 is 0 Å². The minimum Gasteiger partial charge on any atom is -0.479 e. The highest BCUT2D eigenvalue weighted by atomic mass is 16.4. The van der Waals surface area contributed by atoms with Crippen LogP contribution in [-0.2, 0) is 14.4 Å². The summed E-state index contributed by atoms with van der Waals surface area (Å²) in [6.45, 7) is 1.66. The first kappa shape index (κ1) is 19.9. The first-order chi connectivity index (χ1) is 13.9. The van der Waals surface area contributed by atoms with Crippen LogP contribution in [0.2, 0.25) is 0 Å². The van der Waals surface area contributed by atoms with Crippen molar-refractivity contribution >= 4 is 23.7 Å². The fourth-order valence-electron chi connectivity index (χ4n) is 5.74. The van der Waals surface area contributed by atoms with Crippen LogP contribution in [0.3, 0.4) is 0 Å². The van der Waals surface area contributed by atoms with E-state index >= 15 is 0 Å². The van der Waals surface area contributed by atoms with Gasteiger partial charge in [-0.1, -0.05) is 61.7 Å². The van der Waals surface area contributed by atoms with Crippen molar-refractivity contribution in [2.24, 2.45) is 17.8 Å². The van der Waals surface area contributed by atoms with Gasteiger partial charge >= 0.3 is 5.97 Å². The molecule has 5 heteroatoms. The molecule has 1 aliphatic heterocycles. The smallest absolute Gasteiger partial charge is 0.329 e. The van der Waals surface area contributed by atoms with Gasteiger partial charge in [0.25, 0.3) is 0 Å². The number of hydrogen-bond donors (Lipinski definition) is 1. The maximum atomic E-state index is 13.6. The molecule has 1 aromatic carbocycles. The molecule has 0 bridgehead atoms. The van der Waals surface area contributed by atoms with Gasteiger partial charge in [-0.2, -0.15) is 0 Å². The minimum absolute atomic E-state index is 0.0838. The van der Waals surface area contributed by atoms with Crippen molar-refractivity contribution < 1.29 is 19.5 Å². The van der Waals surface area contributed by atoms with E-state index in [0.29, 0.717) is 12.8 Å². The van der Waals surface area contributed by atoms with Crippen molar-refractivity contribution in [3.05, 3.63) is 42.0 Å². The lowest BCUT2D eigenvalue weighted by molar-refractivity contribution is -0.161. The number of carbonyl (C=O) groups excluding carboxylic acids is 2. The Bertz CT molecular complexity index is 827. The number of carboxylic acid groups (broad SMARTS) is 1. The lowest BCUT2D eigenvalue weighted by Crippen LogP contribution is -2.57. The zero-order chi connectivity index (χ0) is 20.6. The van der Waals surface area contributed by atoms with Crippen LogP contribution >= 0.6 is 0 Å². The molecule has 4 rings (SSSR count). The molecule has 4 unspecified atom stereocenters. The molecule has 3 fully saturated rings. The van der Waals surface area contributed by atoms with Gasteiger partial charge in [0.05, 0.1) is 6.04 Å². The Morgan fingerprint density at radius 1 is 1.10 bits per heavy atom. The van der Waals surface area contributed by atoms with E-state index in [1.807, 2.05) is 42.5 Å². The fourth-order valence-corrected chi connectivity index (χ4v) is 5.74. The molecule has 2 aliphatic carbocycles. The second-order valence-electron chi connectivity index (χ2n) is 8.89. The van der Waals surface area contributed by atoms with Gasteiger partial charge in [-0.05, 0) is 31.7 Å². The highest BCUT2D eigenvalue weighted by Crippen LogP contribution is 2.52. The maximum absolute atomic E-state index is 13.6. The number of fused-ring (bicyclic) bond motifs is 1. The zero-order valence-electron chi connectivity index (χ0n) is 16.9. The summed E-state index contributed by atoms with van der Waals surface area (Å²) < 4.78 is 0. The first-order valence-corrected chi connectivity index (χ1v) is 10.8. The Morgan fingerprint density at radius 2 is 1.79 bits per heavy atom. The second kappa shape index (κ2) is 7.77. The molecule has 29 heavy (non-hydrogen) atoms. The molecule has 2 saturated carbocycles. The molecule has 154 valence electrons. The predicted octanol–water partition coefficient (Wildman–Crippen LogP) is 3.93. The Kier molecular flexibility index (Phi) is 5.32. The van der Waals surface area contributed by atoms with Crippen LogP contribution in [0.1, 0.15) is 57.4 Å². The molecule has 1 aromatic rings. The summed E-state index contributed by atoms with van der Waals surface area (Å²) in [6.07, 6.45) is 9.51. The molecule has 0 spiro atoms. The highest BCUT2D eigenvalue weighted by molar-refractivity contribution is 5.95. The van der Waals surface area contributed by atoms with Gasteiger partial charge in [0, 0.05) is 24.2 Å². The van der Waals surface area contributed by atoms with E-state index in [9.17, 15) is 19.5 Å². The zero-order valence-corrected chi connectivity index (χ0v) is 16.9. The predicted molar refractivity (Wildman–Crippen MR) is 110 cm³/mol. The van der Waals surface area contributed by atoms with Crippen LogP contribution in [0, 0.1) is 17.8 Å². The highest BCUT2D eigenvalue weighted by Gasteiger charge is 2.65. The molecular formula is C24H29NO4. The molecular weight excluding hydrogens is 366 g/mol. The second-order valence-corrected chi connectivity index (χ2v) is 8.89. The maximum Gasteiger partial charge on any atom is 0.329 e. The summed E-state index contributed by atoms with van der Waals surface area (Å²) in [4.78, 5) is 40.4. The molecule has 5 nitrogen and oxygen atoms in total. The topological polar surface area (TPSA) is 74.7 Å². The van der Waals surface area contributed by atoms with Gasteiger partial charge in [-0.25, -0.2) is 4.79 Å². The number of amides is 1. The third-order valence-electron chi connectivity index (χ3n) is 7.31. The van der Waals surface area contributed by atoms with Crippen molar-refractivity contribution in [1.82, 2.24) is 4.90 Å². The van der Waals surface area contributed by atoms with Crippen LogP contribution in [0.15, 0.2) is 36.4 Å². The van der Waals surface area contributed by atoms with E-state index < -0.39 is 23.5 Å². The van der Waals surface area contributed by atoms with Crippen molar-refractivity contribution in [2.75, 3.05) is 0 Å². The molecule has 0 aromatic heterocycles. The molecule has 1 saturated heterocycles. The largest absolute Gasteiger partial charge is 0.479 e. The van der Waals surface area contributed by atoms with Gasteiger partial charge < -0.3 is 10.0 Å². The number of carboxylic acids is 1. The summed E-state index contributed by atoms with van der Waals surface area (Å²) in [5, 5.41) is 10.2. The lowest BCUT2D eigenvalue weighted by Gasteiger charge is -2.40. The summed E-state index contributed by atoms with van der Waals surface area (Å²) in [6, 6.07) is 9.23. The molecule has 1 heterocycles. The third kappa shape index (κ3) is 3.30. The van der Waals surface area contributed by atoms with Crippen molar-refractivity contribution in [1.29, 1.82) is 0 Å². The van der Waals surface area contributed by atoms with Crippen LogP contribution in [-0.4, -0.2) is 39.2 Å². The van der Waals surface area contributed by atoms with Crippen molar-refractivity contribution in [3.8, 4) is 0 Å². The SMILES string of the molecule is CC1(C(=O)O)C2CCC(=O)C2C(C=Cc2ccccc2)N1C(=O)C1CCCCC1. The number of likely N-dealkylation sites (tertiary alicyclic amines) is 1. The Labute approximate surface area is 171 Å². The van der Waals surface area contributed by atoms with Crippen LogP contribution in [0.25, 0.3) is 6.08 Å². The van der Waals surface area contributed by atoms with E-state index in [-0.39, 0.29) is 23.5 Å². The average molecular weight is 395 g/mol. The van der Waals surface area contributed by atoms with E-state index in [4.69, 9.17) is 0 Å². The quantitative estimate of drug-likeness (QED) is 0.838. The summed E-state index contributed by atoms with van der Waals surface area (Å²) >= 11 is 0. The van der Waals surface area contributed by atoms with Crippen molar-refractivity contribution in [2.45, 2.75) is 63.5 Å². The normalized spacial score (nSPS) is 32.7. The van der Waals surface area contributed by atoms with Gasteiger partial charge in [-0.3, -0.25) is 9.59 Å². The van der Waals surface area contributed by atoms with E-state index in [0.717, 1.165) is 37.7 Å². The fraction of sp³-hybridized carbons (Fsp3) is 0.542. The van der Waals surface area contributed by atoms with Gasteiger partial charge in [0.15, 0.2) is 0 Å². The Balaban J connectivity index is 1.75. The molecule has 1 N–H and O–H groups in total. The number of rotatable bonds is 4. The number of benzene rings is 1. The van der Waals surface area contributed by atoms with Gasteiger partial charge in [0.1, 0.15) is 11.3 Å². The summed E-state index contributed by atoms with van der Waals surface area (Å²) in [5.41, 5.74) is -0.361. The summed E-state index contributed by atoms with van der Waals surface area (Å²) in [7, 11) is 0. The van der Waals surface area contributed by atoms with Crippen molar-refractivity contribution in [3.63, 3.8) is 0 Å². The molecule has 4 atom stereocenters. The van der Waals surface area contributed by atoms with Gasteiger partial charge in [0.2, 0.25) is 5.91 Å². The number of ketones is 1. The van der Waals surface area contributed by atoms with E-state index in [1.54, 1.807) is 11.8 Å². The number of carbonyl (C=O) groups is 3. The van der Waals surface area contributed by atoms with Crippen LogP contribution in [0.4, 0.5) is 0 Å². The monoisotopic (exact) mass is 395 g/mol. The van der Waals surface area contributed by atoms with E-state index in [1.165, 1.54) is 0 Å². The average Bonchev–Trinajstić information content (AvgIpc) is 3.24. The van der Waals surface area contributed by atoms with E-state index in [2.05, 4.69) is 0 Å². The van der Waals surface area contributed by atoms with Gasteiger partial charge in [-0.15, -0.1) is 0 Å². The first-order valence-electron chi connectivity index (χ1n) is 10.8. The number of hydrogen-bond acceptors (Lipinski definition) is 3. The Hall–Kier alpha value is -2.43. The third-order valence-corrected chi connectivity index (χ3v) is 7.31. The number of nitrogens with zero attached hydrogens (tertiary/aromatic N) is 1. The molecule has 1 amide bonds.